The molecule has 5 heteroatoms. The summed E-state index contributed by atoms with van der Waals surface area (Å²) in [6, 6.07) is 1.82. The molecule has 2 rings (SSSR count). The summed E-state index contributed by atoms with van der Waals surface area (Å²) in [4.78, 5) is 11.1. The summed E-state index contributed by atoms with van der Waals surface area (Å²) in [6.07, 6.45) is 6.00. The number of hydrogen-bond donors (Lipinski definition) is 1. The van der Waals surface area contributed by atoms with Crippen molar-refractivity contribution >= 4 is 17.5 Å². The van der Waals surface area contributed by atoms with E-state index in [1.165, 1.54) is 38.9 Å². The van der Waals surface area contributed by atoms with Crippen LogP contribution in [0.5, 0.6) is 0 Å². The Morgan fingerprint density at radius 3 is 2.79 bits per heavy atom. The molecule has 0 bridgehead atoms. The van der Waals surface area contributed by atoms with Gasteiger partial charge in [-0.2, -0.15) is 0 Å². The molecule has 1 aromatic heterocycles. The highest BCUT2D eigenvalue weighted by atomic mass is 35.5. The molecule has 106 valence electrons. The highest BCUT2D eigenvalue weighted by Gasteiger charge is 2.10. The van der Waals surface area contributed by atoms with Crippen LogP contribution in [0.4, 0.5) is 5.95 Å². The molecule has 0 aliphatic carbocycles. The predicted molar refractivity (Wildman–Crippen MR) is 79.8 cm³/mol. The standard InChI is InChI=1S/C14H23ClN4/c1-2-12-11-13(15)18-14(17-12)16-7-3-4-8-19-9-5-6-10-19/h11H,2-10H2,1H3,(H,16,17,18). The van der Waals surface area contributed by atoms with Crippen molar-refractivity contribution in [2.45, 2.75) is 39.0 Å². The van der Waals surface area contributed by atoms with Gasteiger partial charge in [0.05, 0.1) is 0 Å². The number of rotatable bonds is 7. The second kappa shape index (κ2) is 7.65. The van der Waals surface area contributed by atoms with Gasteiger partial charge in [0.2, 0.25) is 5.95 Å². The minimum absolute atomic E-state index is 0.520. The van der Waals surface area contributed by atoms with E-state index in [1.807, 2.05) is 6.07 Å². The topological polar surface area (TPSA) is 41.1 Å². The predicted octanol–water partition coefficient (Wildman–Crippen LogP) is 2.98. The fourth-order valence-electron chi connectivity index (χ4n) is 2.39. The van der Waals surface area contributed by atoms with Crippen LogP contribution < -0.4 is 5.32 Å². The third-order valence-corrected chi connectivity index (χ3v) is 3.69. The molecule has 0 aromatic carbocycles. The van der Waals surface area contributed by atoms with Gasteiger partial charge in [-0.1, -0.05) is 18.5 Å². The van der Waals surface area contributed by atoms with Crippen LogP contribution >= 0.6 is 11.6 Å². The van der Waals surface area contributed by atoms with Crippen molar-refractivity contribution in [3.8, 4) is 0 Å². The van der Waals surface area contributed by atoms with Crippen molar-refractivity contribution in [3.63, 3.8) is 0 Å². The summed E-state index contributed by atoms with van der Waals surface area (Å²) < 4.78 is 0. The average Bonchev–Trinajstić information content (AvgIpc) is 2.91. The van der Waals surface area contributed by atoms with Gasteiger partial charge in [-0.3, -0.25) is 0 Å². The van der Waals surface area contributed by atoms with Crippen molar-refractivity contribution < 1.29 is 0 Å². The molecule has 1 fully saturated rings. The highest BCUT2D eigenvalue weighted by Crippen LogP contribution is 2.11. The minimum Gasteiger partial charge on any atom is -0.354 e. The molecule has 0 radical (unpaired) electrons. The molecule has 1 aliphatic heterocycles. The second-order valence-corrected chi connectivity index (χ2v) is 5.43. The molecule has 0 atom stereocenters. The Morgan fingerprint density at radius 2 is 2.05 bits per heavy atom. The molecular formula is C14H23ClN4. The molecule has 0 unspecified atom stereocenters. The van der Waals surface area contributed by atoms with Crippen molar-refractivity contribution in [1.82, 2.24) is 14.9 Å². The van der Waals surface area contributed by atoms with Gasteiger partial charge >= 0.3 is 0 Å². The van der Waals surface area contributed by atoms with E-state index in [0.29, 0.717) is 11.1 Å². The molecular weight excluding hydrogens is 260 g/mol. The fourth-order valence-corrected chi connectivity index (χ4v) is 2.60. The Morgan fingerprint density at radius 1 is 1.26 bits per heavy atom. The van der Waals surface area contributed by atoms with Crippen LogP contribution in [0.25, 0.3) is 0 Å². The number of nitrogens with one attached hydrogen (secondary N) is 1. The number of aromatic nitrogens is 2. The number of unbranched alkanes of at least 4 members (excludes halogenated alkanes) is 1. The quantitative estimate of drug-likeness (QED) is 0.617. The van der Waals surface area contributed by atoms with E-state index in [1.54, 1.807) is 0 Å². The van der Waals surface area contributed by atoms with Gasteiger partial charge < -0.3 is 10.2 Å². The first-order valence-electron chi connectivity index (χ1n) is 7.27. The van der Waals surface area contributed by atoms with Gasteiger partial charge in [0, 0.05) is 12.2 Å². The number of nitrogens with zero attached hydrogens (tertiary/aromatic N) is 3. The van der Waals surface area contributed by atoms with Crippen molar-refractivity contribution in [2.24, 2.45) is 0 Å². The van der Waals surface area contributed by atoms with E-state index in [0.717, 1.165) is 25.1 Å². The van der Waals surface area contributed by atoms with Crippen molar-refractivity contribution in [1.29, 1.82) is 0 Å². The molecule has 1 N–H and O–H groups in total. The molecule has 2 heterocycles. The van der Waals surface area contributed by atoms with E-state index < -0.39 is 0 Å². The molecule has 0 saturated carbocycles. The van der Waals surface area contributed by atoms with Crippen LogP contribution in [0.1, 0.15) is 38.3 Å². The Hall–Kier alpha value is -0.870. The fraction of sp³-hybridized carbons (Fsp3) is 0.714. The summed E-state index contributed by atoms with van der Waals surface area (Å²) in [7, 11) is 0. The maximum atomic E-state index is 5.96. The molecule has 0 spiro atoms. The van der Waals surface area contributed by atoms with Crippen LogP contribution in [0.15, 0.2) is 6.07 Å². The van der Waals surface area contributed by atoms with Crippen LogP contribution in [0.3, 0.4) is 0 Å². The zero-order valence-corrected chi connectivity index (χ0v) is 12.4. The maximum absolute atomic E-state index is 5.96. The normalized spacial score (nSPS) is 15.9. The number of likely N-dealkylation sites (tertiary alicyclic amines) is 1. The first-order chi connectivity index (χ1) is 9.28. The first-order valence-corrected chi connectivity index (χ1v) is 7.65. The average molecular weight is 283 g/mol. The first kappa shape index (κ1) is 14.5. The third-order valence-electron chi connectivity index (χ3n) is 3.49. The van der Waals surface area contributed by atoms with E-state index in [-0.39, 0.29) is 0 Å². The largest absolute Gasteiger partial charge is 0.354 e. The molecule has 1 saturated heterocycles. The van der Waals surface area contributed by atoms with Gasteiger partial charge in [-0.15, -0.1) is 0 Å². The highest BCUT2D eigenvalue weighted by molar-refractivity contribution is 6.29. The van der Waals surface area contributed by atoms with Crippen LogP contribution in [0.2, 0.25) is 5.15 Å². The molecule has 19 heavy (non-hydrogen) atoms. The number of hydrogen-bond acceptors (Lipinski definition) is 4. The Balaban J connectivity index is 1.66. The minimum atomic E-state index is 0.520. The van der Waals surface area contributed by atoms with Gasteiger partial charge in [-0.05, 0) is 57.8 Å². The molecule has 1 aromatic rings. The lowest BCUT2D eigenvalue weighted by molar-refractivity contribution is 0.331. The van der Waals surface area contributed by atoms with Gasteiger partial charge in [-0.25, -0.2) is 9.97 Å². The monoisotopic (exact) mass is 282 g/mol. The van der Waals surface area contributed by atoms with E-state index in [4.69, 9.17) is 11.6 Å². The summed E-state index contributed by atoms with van der Waals surface area (Å²) in [5, 5.41) is 3.78. The van der Waals surface area contributed by atoms with Crippen LogP contribution in [-0.2, 0) is 6.42 Å². The lowest BCUT2D eigenvalue weighted by Crippen LogP contribution is -2.21. The third kappa shape index (κ3) is 4.96. The van der Waals surface area contributed by atoms with Gasteiger partial charge in [0.25, 0.3) is 0 Å². The van der Waals surface area contributed by atoms with Gasteiger partial charge in [0.15, 0.2) is 0 Å². The molecule has 1 aliphatic rings. The lowest BCUT2D eigenvalue weighted by Gasteiger charge is -2.14. The summed E-state index contributed by atoms with van der Waals surface area (Å²) in [5.41, 5.74) is 0.986. The van der Waals surface area contributed by atoms with Crippen LogP contribution in [0, 0.1) is 0 Å². The van der Waals surface area contributed by atoms with Crippen molar-refractivity contribution in [2.75, 3.05) is 31.5 Å². The van der Waals surface area contributed by atoms with Gasteiger partial charge in [0.1, 0.15) is 5.15 Å². The Labute approximate surface area is 120 Å². The smallest absolute Gasteiger partial charge is 0.224 e. The molecule has 0 amide bonds. The number of anilines is 1. The SMILES string of the molecule is CCc1cc(Cl)nc(NCCCCN2CCCC2)n1. The Bertz CT molecular complexity index is 391. The van der Waals surface area contributed by atoms with E-state index in [9.17, 15) is 0 Å². The lowest BCUT2D eigenvalue weighted by atomic mass is 10.3. The number of halogens is 1. The molecule has 4 nitrogen and oxygen atoms in total. The van der Waals surface area contributed by atoms with E-state index >= 15 is 0 Å². The zero-order chi connectivity index (χ0) is 13.5. The summed E-state index contributed by atoms with van der Waals surface area (Å²) >= 11 is 5.96. The maximum Gasteiger partial charge on any atom is 0.224 e. The Kier molecular flexibility index (Phi) is 5.86. The summed E-state index contributed by atoms with van der Waals surface area (Å²) in [5.74, 6) is 0.658. The van der Waals surface area contributed by atoms with Crippen molar-refractivity contribution in [3.05, 3.63) is 16.9 Å². The van der Waals surface area contributed by atoms with E-state index in [2.05, 4.69) is 27.1 Å². The number of aryl methyl sites for hydroxylation is 1. The van der Waals surface area contributed by atoms with Crippen LogP contribution in [-0.4, -0.2) is 41.0 Å². The summed E-state index contributed by atoms with van der Waals surface area (Å²) in [6.45, 7) is 6.77. The zero-order valence-electron chi connectivity index (χ0n) is 11.7. The second-order valence-electron chi connectivity index (χ2n) is 5.04.